The minimum atomic E-state index is -0.373. The van der Waals surface area contributed by atoms with Crippen LogP contribution in [0.5, 0.6) is 0 Å². The molecule has 0 aliphatic carbocycles. The quantitative estimate of drug-likeness (QED) is 0.566. The van der Waals surface area contributed by atoms with E-state index >= 15 is 0 Å². The van der Waals surface area contributed by atoms with E-state index in [4.69, 9.17) is 0 Å². The molecule has 0 unspecified atom stereocenters. The minimum Gasteiger partial charge on any atom is -0.452 e. The zero-order valence-electron chi connectivity index (χ0n) is 7.52. The highest BCUT2D eigenvalue weighted by Crippen LogP contribution is 2.02. The Morgan fingerprint density at radius 1 is 1.30 bits per heavy atom. The molecule has 2 heteroatoms. The summed E-state index contributed by atoms with van der Waals surface area (Å²) in [6, 6.07) is 0. The first-order valence-electron chi connectivity index (χ1n) is 3.53. The lowest BCUT2D eigenvalue weighted by Crippen LogP contribution is -2.17. The van der Waals surface area contributed by atoms with Gasteiger partial charge in [-0.25, -0.2) is 4.79 Å². The largest absolute Gasteiger partial charge is 0.452 e. The second-order valence-corrected chi connectivity index (χ2v) is 3.00. The molecule has 0 N–H and O–H groups in total. The smallest absolute Gasteiger partial charge is 0.418 e. The molecule has 0 aromatic heterocycles. The Labute approximate surface area is 63.6 Å². The van der Waals surface area contributed by atoms with Gasteiger partial charge < -0.3 is 4.74 Å². The van der Waals surface area contributed by atoms with Crippen LogP contribution in [0.4, 0.5) is 0 Å². The summed E-state index contributed by atoms with van der Waals surface area (Å²) in [6.07, 6.45) is 1.25. The highest BCUT2D eigenvalue weighted by atomic mass is 16.5. The van der Waals surface area contributed by atoms with Gasteiger partial charge in [-0.2, -0.15) is 0 Å². The third-order valence-corrected chi connectivity index (χ3v) is 0.348. The van der Waals surface area contributed by atoms with Crippen molar-refractivity contribution in [3.8, 4) is 0 Å². The van der Waals surface area contributed by atoms with Crippen LogP contribution in [0, 0.1) is 0 Å². The van der Waals surface area contributed by atoms with E-state index in [1.807, 2.05) is 0 Å². The lowest BCUT2D eigenvalue weighted by atomic mass is 10.2. The summed E-state index contributed by atoms with van der Waals surface area (Å²) in [5.41, 5.74) is -0.373. The average Bonchev–Trinajstić information content (AvgIpc) is 1.63. The SMILES string of the molecule is CC(C)(C)O[C]=O.CCC. The highest BCUT2D eigenvalue weighted by Gasteiger charge is 2.08. The van der Waals surface area contributed by atoms with Gasteiger partial charge in [-0.1, -0.05) is 20.3 Å². The van der Waals surface area contributed by atoms with Crippen molar-refractivity contribution in [1.29, 1.82) is 0 Å². The second kappa shape index (κ2) is 6.59. The van der Waals surface area contributed by atoms with Crippen LogP contribution in [0.1, 0.15) is 41.0 Å². The van der Waals surface area contributed by atoms with E-state index in [-0.39, 0.29) is 5.60 Å². The Morgan fingerprint density at radius 2 is 1.60 bits per heavy atom. The lowest BCUT2D eigenvalue weighted by molar-refractivity contribution is 0.109. The van der Waals surface area contributed by atoms with Crippen LogP contribution < -0.4 is 0 Å². The average molecular weight is 145 g/mol. The molecule has 0 aliphatic rings. The standard InChI is InChI=1S/C5H9O2.C3H8/c1-5(2,3)7-4-6;1-3-2/h1-3H3;3H2,1-2H3. The Hall–Kier alpha value is -0.530. The summed E-state index contributed by atoms with van der Waals surface area (Å²) in [7, 11) is 0. The van der Waals surface area contributed by atoms with E-state index in [1.54, 1.807) is 20.8 Å². The van der Waals surface area contributed by atoms with Crippen molar-refractivity contribution in [2.24, 2.45) is 0 Å². The van der Waals surface area contributed by atoms with Crippen molar-refractivity contribution >= 4 is 6.47 Å². The Balaban J connectivity index is 0. The molecule has 10 heavy (non-hydrogen) atoms. The molecule has 0 heterocycles. The highest BCUT2D eigenvalue weighted by molar-refractivity contribution is 5.39. The topological polar surface area (TPSA) is 26.3 Å². The van der Waals surface area contributed by atoms with E-state index in [2.05, 4.69) is 18.6 Å². The zero-order chi connectivity index (χ0) is 8.62. The van der Waals surface area contributed by atoms with E-state index in [1.165, 1.54) is 12.9 Å². The Morgan fingerprint density at radius 3 is 1.60 bits per heavy atom. The Kier molecular flexibility index (Phi) is 8.02. The first-order valence-corrected chi connectivity index (χ1v) is 3.53. The monoisotopic (exact) mass is 145 g/mol. The summed E-state index contributed by atoms with van der Waals surface area (Å²) < 4.78 is 4.42. The van der Waals surface area contributed by atoms with Crippen molar-refractivity contribution in [2.45, 2.75) is 46.6 Å². The fourth-order valence-electron chi connectivity index (χ4n) is 0.125. The van der Waals surface area contributed by atoms with Crippen molar-refractivity contribution in [2.75, 3.05) is 0 Å². The fraction of sp³-hybridized carbons (Fsp3) is 0.875. The molecule has 0 fully saturated rings. The van der Waals surface area contributed by atoms with E-state index in [9.17, 15) is 4.79 Å². The maximum absolute atomic E-state index is 9.47. The van der Waals surface area contributed by atoms with Crippen LogP contribution in [0.2, 0.25) is 0 Å². The molecule has 0 aliphatic heterocycles. The van der Waals surface area contributed by atoms with Gasteiger partial charge >= 0.3 is 6.47 Å². The van der Waals surface area contributed by atoms with Gasteiger partial charge in [-0.05, 0) is 20.8 Å². The van der Waals surface area contributed by atoms with Gasteiger partial charge in [0.25, 0.3) is 0 Å². The summed E-state index contributed by atoms with van der Waals surface area (Å²) in [5, 5.41) is 0. The molecule has 0 saturated heterocycles. The van der Waals surface area contributed by atoms with Gasteiger partial charge in [0.2, 0.25) is 0 Å². The van der Waals surface area contributed by atoms with Gasteiger partial charge in [0.05, 0.1) is 0 Å². The molecule has 0 aromatic rings. The third kappa shape index (κ3) is 26.0. The van der Waals surface area contributed by atoms with Crippen LogP contribution in [-0.2, 0) is 9.53 Å². The number of rotatable bonds is 1. The van der Waals surface area contributed by atoms with Crippen LogP contribution in [-0.4, -0.2) is 12.1 Å². The summed E-state index contributed by atoms with van der Waals surface area (Å²) in [6.45, 7) is 11.0. The molecule has 61 valence electrons. The van der Waals surface area contributed by atoms with Crippen LogP contribution >= 0.6 is 0 Å². The normalized spacial score (nSPS) is 9.30. The number of carbonyl (C=O) groups excluding carboxylic acids is 1. The molecular weight excluding hydrogens is 128 g/mol. The third-order valence-electron chi connectivity index (χ3n) is 0.348. The number of hydrogen-bond acceptors (Lipinski definition) is 2. The van der Waals surface area contributed by atoms with Gasteiger partial charge in [-0.3, -0.25) is 0 Å². The molecule has 0 amide bonds. The molecular formula is C8H17O2. The number of hydrogen-bond donors (Lipinski definition) is 0. The van der Waals surface area contributed by atoms with Crippen LogP contribution in [0.25, 0.3) is 0 Å². The van der Waals surface area contributed by atoms with Gasteiger partial charge in [0, 0.05) is 0 Å². The summed E-state index contributed by atoms with van der Waals surface area (Å²) >= 11 is 0. The molecule has 0 aromatic carbocycles. The van der Waals surface area contributed by atoms with Crippen molar-refractivity contribution in [3.63, 3.8) is 0 Å². The van der Waals surface area contributed by atoms with Gasteiger partial charge in [-0.15, -0.1) is 0 Å². The van der Waals surface area contributed by atoms with E-state index in [0.717, 1.165) is 0 Å². The molecule has 0 saturated carbocycles. The van der Waals surface area contributed by atoms with Crippen molar-refractivity contribution < 1.29 is 9.53 Å². The van der Waals surface area contributed by atoms with Crippen molar-refractivity contribution in [1.82, 2.24) is 0 Å². The maximum atomic E-state index is 9.47. The first kappa shape index (κ1) is 12.2. The summed E-state index contributed by atoms with van der Waals surface area (Å²) in [4.78, 5) is 9.47. The summed E-state index contributed by atoms with van der Waals surface area (Å²) in [5.74, 6) is 0. The predicted octanol–water partition coefficient (Wildman–Crippen LogP) is 2.29. The number of ether oxygens (including phenoxy) is 1. The van der Waals surface area contributed by atoms with Gasteiger partial charge in [0.15, 0.2) is 0 Å². The Bertz CT molecular complexity index is 71.8. The molecule has 1 radical (unpaired) electrons. The fourth-order valence-corrected chi connectivity index (χ4v) is 0.125. The first-order chi connectivity index (χ1) is 4.47. The molecule has 0 atom stereocenters. The minimum absolute atomic E-state index is 0.373. The van der Waals surface area contributed by atoms with Crippen LogP contribution in [0.3, 0.4) is 0 Å². The van der Waals surface area contributed by atoms with Gasteiger partial charge in [0.1, 0.15) is 5.60 Å². The van der Waals surface area contributed by atoms with Crippen molar-refractivity contribution in [3.05, 3.63) is 0 Å². The zero-order valence-corrected chi connectivity index (χ0v) is 7.52. The maximum Gasteiger partial charge on any atom is 0.418 e. The molecule has 2 nitrogen and oxygen atoms in total. The van der Waals surface area contributed by atoms with Crippen LogP contribution in [0.15, 0.2) is 0 Å². The lowest BCUT2D eigenvalue weighted by Gasteiger charge is -2.13. The molecule has 0 spiro atoms. The molecule has 0 bridgehead atoms. The predicted molar refractivity (Wildman–Crippen MR) is 42.5 cm³/mol. The molecule has 0 rings (SSSR count). The van der Waals surface area contributed by atoms with E-state index < -0.39 is 0 Å². The van der Waals surface area contributed by atoms with E-state index in [0.29, 0.717) is 0 Å². The second-order valence-electron chi connectivity index (χ2n) is 3.00.